The van der Waals surface area contributed by atoms with Crippen LogP contribution in [0.15, 0.2) is 28.7 Å². The van der Waals surface area contributed by atoms with Crippen LogP contribution in [0.25, 0.3) is 0 Å². The van der Waals surface area contributed by atoms with Crippen molar-refractivity contribution in [2.45, 2.75) is 26.2 Å². The predicted octanol–water partition coefficient (Wildman–Crippen LogP) is 2.74. The number of nitrogens with one attached hydrogen (secondary N) is 1. The van der Waals surface area contributed by atoms with E-state index in [0.29, 0.717) is 25.5 Å². The lowest BCUT2D eigenvalue weighted by Gasteiger charge is -2.14. The third-order valence-electron chi connectivity index (χ3n) is 3.10. The molecule has 0 saturated carbocycles. The lowest BCUT2D eigenvalue weighted by Crippen LogP contribution is -2.30. The van der Waals surface area contributed by atoms with E-state index < -0.39 is 0 Å². The minimum absolute atomic E-state index is 0.0172. The maximum absolute atomic E-state index is 11.7. The number of hydrogen-bond acceptors (Lipinski definition) is 3. The van der Waals surface area contributed by atoms with Gasteiger partial charge in [0, 0.05) is 17.6 Å². The Labute approximate surface area is 128 Å². The van der Waals surface area contributed by atoms with Gasteiger partial charge < -0.3 is 15.2 Å². The standard InChI is InChI=1S/C15H22BrNO3/c1-2-12(6-8-18)11-17-15(19)7-9-20-14-5-3-4-13(16)10-14/h3-5,10,12,18H,2,6-9,11H2,1H3,(H,17,19). The monoisotopic (exact) mass is 343 g/mol. The number of aliphatic hydroxyl groups is 1. The second-order valence-electron chi connectivity index (χ2n) is 4.65. The molecule has 0 spiro atoms. The molecule has 0 saturated heterocycles. The van der Waals surface area contributed by atoms with Crippen molar-refractivity contribution in [2.75, 3.05) is 19.8 Å². The highest BCUT2D eigenvalue weighted by molar-refractivity contribution is 9.10. The molecule has 4 nitrogen and oxygen atoms in total. The quantitative estimate of drug-likeness (QED) is 0.724. The zero-order valence-corrected chi connectivity index (χ0v) is 13.4. The maximum atomic E-state index is 11.7. The van der Waals surface area contributed by atoms with Gasteiger partial charge in [0.15, 0.2) is 0 Å². The number of amides is 1. The van der Waals surface area contributed by atoms with Gasteiger partial charge >= 0.3 is 0 Å². The third kappa shape index (κ3) is 6.91. The van der Waals surface area contributed by atoms with Gasteiger partial charge in [-0.15, -0.1) is 0 Å². The van der Waals surface area contributed by atoms with Crippen molar-refractivity contribution in [3.63, 3.8) is 0 Å². The summed E-state index contributed by atoms with van der Waals surface area (Å²) in [5.74, 6) is 1.07. The molecule has 0 aliphatic heterocycles. The van der Waals surface area contributed by atoms with Crippen LogP contribution in [0.3, 0.4) is 0 Å². The Morgan fingerprint density at radius 2 is 2.30 bits per heavy atom. The number of aliphatic hydroxyl groups excluding tert-OH is 1. The highest BCUT2D eigenvalue weighted by atomic mass is 79.9. The fourth-order valence-corrected chi connectivity index (χ4v) is 2.18. The molecular weight excluding hydrogens is 322 g/mol. The zero-order chi connectivity index (χ0) is 14.8. The largest absolute Gasteiger partial charge is 0.493 e. The molecule has 1 unspecified atom stereocenters. The average molecular weight is 344 g/mol. The molecule has 0 aliphatic carbocycles. The molecule has 0 radical (unpaired) electrons. The lowest BCUT2D eigenvalue weighted by atomic mass is 10.0. The Hall–Kier alpha value is -1.07. The Bertz CT molecular complexity index is 412. The fraction of sp³-hybridized carbons (Fsp3) is 0.533. The van der Waals surface area contributed by atoms with Crippen molar-refractivity contribution >= 4 is 21.8 Å². The first-order chi connectivity index (χ1) is 9.65. The zero-order valence-electron chi connectivity index (χ0n) is 11.8. The average Bonchev–Trinajstić information content (AvgIpc) is 2.43. The van der Waals surface area contributed by atoms with Gasteiger partial charge in [-0.3, -0.25) is 4.79 Å². The first-order valence-corrected chi connectivity index (χ1v) is 7.71. The molecule has 5 heteroatoms. The summed E-state index contributed by atoms with van der Waals surface area (Å²) in [5.41, 5.74) is 0. The molecule has 1 aromatic carbocycles. The summed E-state index contributed by atoms with van der Waals surface area (Å²) in [6.45, 7) is 3.20. The molecule has 0 bridgehead atoms. The molecule has 0 aromatic heterocycles. The molecule has 1 aromatic rings. The highest BCUT2D eigenvalue weighted by Crippen LogP contribution is 2.17. The van der Waals surface area contributed by atoms with Crippen molar-refractivity contribution < 1.29 is 14.6 Å². The summed E-state index contributed by atoms with van der Waals surface area (Å²) in [6.07, 6.45) is 2.02. The molecule has 20 heavy (non-hydrogen) atoms. The molecule has 1 atom stereocenters. The normalized spacial score (nSPS) is 11.9. The van der Waals surface area contributed by atoms with Crippen molar-refractivity contribution in [2.24, 2.45) is 5.92 Å². The van der Waals surface area contributed by atoms with E-state index >= 15 is 0 Å². The second kappa shape index (κ2) is 9.77. The Morgan fingerprint density at radius 3 is 2.95 bits per heavy atom. The third-order valence-corrected chi connectivity index (χ3v) is 3.59. The molecular formula is C15H22BrNO3. The molecule has 1 amide bonds. The molecule has 0 aliphatic rings. The van der Waals surface area contributed by atoms with Crippen LogP contribution in [0, 0.1) is 5.92 Å². The first kappa shape index (κ1) is 17.0. The van der Waals surface area contributed by atoms with Gasteiger partial charge in [-0.2, -0.15) is 0 Å². The number of ether oxygens (including phenoxy) is 1. The van der Waals surface area contributed by atoms with Crippen LogP contribution in [0.1, 0.15) is 26.2 Å². The van der Waals surface area contributed by atoms with Gasteiger partial charge in [0.05, 0.1) is 13.0 Å². The highest BCUT2D eigenvalue weighted by Gasteiger charge is 2.08. The van der Waals surface area contributed by atoms with Crippen molar-refractivity contribution in [1.29, 1.82) is 0 Å². The maximum Gasteiger partial charge on any atom is 0.223 e. The number of hydrogen-bond donors (Lipinski definition) is 2. The summed E-state index contributed by atoms with van der Waals surface area (Å²) >= 11 is 3.37. The van der Waals surface area contributed by atoms with E-state index in [1.165, 1.54) is 0 Å². The van der Waals surface area contributed by atoms with Crippen LogP contribution in [0.2, 0.25) is 0 Å². The van der Waals surface area contributed by atoms with Gasteiger partial charge in [0.25, 0.3) is 0 Å². The van der Waals surface area contributed by atoms with E-state index in [-0.39, 0.29) is 12.5 Å². The number of rotatable bonds is 9. The van der Waals surface area contributed by atoms with Crippen LogP contribution in [-0.2, 0) is 4.79 Å². The van der Waals surface area contributed by atoms with E-state index in [9.17, 15) is 4.79 Å². The van der Waals surface area contributed by atoms with Gasteiger partial charge in [-0.25, -0.2) is 0 Å². The Kier molecular flexibility index (Phi) is 8.30. The smallest absolute Gasteiger partial charge is 0.223 e. The van der Waals surface area contributed by atoms with Crippen LogP contribution in [0.5, 0.6) is 5.75 Å². The van der Waals surface area contributed by atoms with Gasteiger partial charge in [0.2, 0.25) is 5.91 Å². The van der Waals surface area contributed by atoms with Crippen molar-refractivity contribution in [3.05, 3.63) is 28.7 Å². The first-order valence-electron chi connectivity index (χ1n) is 6.91. The summed E-state index contributed by atoms with van der Waals surface area (Å²) < 4.78 is 6.46. The minimum atomic E-state index is -0.0172. The van der Waals surface area contributed by atoms with Crippen LogP contribution < -0.4 is 10.1 Å². The molecule has 1 rings (SSSR count). The fourth-order valence-electron chi connectivity index (χ4n) is 1.80. The van der Waals surface area contributed by atoms with E-state index in [4.69, 9.17) is 9.84 Å². The van der Waals surface area contributed by atoms with Crippen LogP contribution >= 0.6 is 15.9 Å². The second-order valence-corrected chi connectivity index (χ2v) is 5.56. The van der Waals surface area contributed by atoms with Crippen LogP contribution in [-0.4, -0.2) is 30.8 Å². The molecule has 112 valence electrons. The number of carbonyl (C=O) groups is 1. The Morgan fingerprint density at radius 1 is 1.50 bits per heavy atom. The van der Waals surface area contributed by atoms with Gasteiger partial charge in [0.1, 0.15) is 5.75 Å². The van der Waals surface area contributed by atoms with E-state index in [2.05, 4.69) is 28.2 Å². The minimum Gasteiger partial charge on any atom is -0.493 e. The van der Waals surface area contributed by atoms with Gasteiger partial charge in [-0.05, 0) is 30.5 Å². The van der Waals surface area contributed by atoms with E-state index in [1.54, 1.807) is 0 Å². The van der Waals surface area contributed by atoms with Crippen LogP contribution in [0.4, 0.5) is 0 Å². The van der Waals surface area contributed by atoms with E-state index in [0.717, 1.165) is 23.1 Å². The summed E-state index contributed by atoms with van der Waals surface area (Å²) in [7, 11) is 0. The molecule has 2 N–H and O–H groups in total. The topological polar surface area (TPSA) is 58.6 Å². The number of carbonyl (C=O) groups excluding carboxylic acids is 1. The Balaban J connectivity index is 2.20. The summed E-state index contributed by atoms with van der Waals surface area (Å²) in [6, 6.07) is 7.54. The summed E-state index contributed by atoms with van der Waals surface area (Å²) in [5, 5.41) is 11.8. The van der Waals surface area contributed by atoms with E-state index in [1.807, 2.05) is 24.3 Å². The predicted molar refractivity (Wildman–Crippen MR) is 82.7 cm³/mol. The van der Waals surface area contributed by atoms with Gasteiger partial charge in [-0.1, -0.05) is 35.3 Å². The SMILES string of the molecule is CCC(CCO)CNC(=O)CCOc1cccc(Br)c1. The molecule has 0 heterocycles. The number of benzene rings is 1. The lowest BCUT2D eigenvalue weighted by molar-refractivity contribution is -0.121. The van der Waals surface area contributed by atoms with Crippen molar-refractivity contribution in [1.82, 2.24) is 5.32 Å². The summed E-state index contributed by atoms with van der Waals surface area (Å²) in [4.78, 5) is 11.7. The number of halogens is 1. The van der Waals surface area contributed by atoms with Crippen molar-refractivity contribution in [3.8, 4) is 5.75 Å². The molecule has 0 fully saturated rings.